The first kappa shape index (κ1) is 15.9. The van der Waals surface area contributed by atoms with Gasteiger partial charge in [0, 0.05) is 23.4 Å². The molecule has 1 aromatic heterocycles. The van der Waals surface area contributed by atoms with E-state index in [-0.39, 0.29) is 5.41 Å². The number of nitrogens with one attached hydrogen (secondary N) is 1. The fourth-order valence-electron chi connectivity index (χ4n) is 2.06. The van der Waals surface area contributed by atoms with E-state index >= 15 is 0 Å². The van der Waals surface area contributed by atoms with Crippen LogP contribution in [0.25, 0.3) is 0 Å². The van der Waals surface area contributed by atoms with Crippen molar-refractivity contribution in [2.24, 2.45) is 0 Å². The van der Waals surface area contributed by atoms with Crippen molar-refractivity contribution in [2.75, 3.05) is 11.9 Å². The maximum Gasteiger partial charge on any atom is 0.126 e. The minimum absolute atomic E-state index is 0.217. The Hall–Kier alpha value is -1.48. The van der Waals surface area contributed by atoms with Gasteiger partial charge in [-0.3, -0.25) is 0 Å². The highest BCUT2D eigenvalue weighted by Gasteiger charge is 2.12. The molecule has 0 amide bonds. The van der Waals surface area contributed by atoms with Gasteiger partial charge >= 0.3 is 0 Å². The molecule has 0 saturated carbocycles. The molecule has 0 aliphatic rings. The fraction of sp³-hybridized carbons (Fsp3) is 0.389. The molecular weight excluding hydrogens is 276 g/mol. The Kier molecular flexibility index (Phi) is 5.29. The first-order chi connectivity index (χ1) is 9.99. The minimum Gasteiger partial charge on any atom is -0.370 e. The van der Waals surface area contributed by atoms with E-state index in [1.165, 1.54) is 16.0 Å². The number of rotatable bonds is 5. The molecular formula is C18H24N2S. The molecule has 0 fully saturated rings. The second kappa shape index (κ2) is 6.99. The molecule has 0 unspecified atom stereocenters. The van der Waals surface area contributed by atoms with Crippen LogP contribution in [-0.4, -0.2) is 11.5 Å². The number of hydrogen-bond acceptors (Lipinski definition) is 3. The summed E-state index contributed by atoms with van der Waals surface area (Å²) >= 11 is 1.86. The van der Waals surface area contributed by atoms with Crippen LogP contribution in [0.5, 0.6) is 0 Å². The van der Waals surface area contributed by atoms with Crippen LogP contribution in [0.2, 0.25) is 0 Å². The largest absolute Gasteiger partial charge is 0.370 e. The number of aromatic nitrogens is 1. The van der Waals surface area contributed by atoms with Crippen LogP contribution in [0.3, 0.4) is 0 Å². The molecule has 2 rings (SSSR count). The van der Waals surface area contributed by atoms with Crippen molar-refractivity contribution in [3.8, 4) is 0 Å². The molecule has 0 radical (unpaired) electrons. The van der Waals surface area contributed by atoms with Crippen molar-refractivity contribution < 1.29 is 0 Å². The molecule has 21 heavy (non-hydrogen) atoms. The number of nitrogens with zero attached hydrogens (tertiary/aromatic N) is 1. The maximum atomic E-state index is 4.30. The van der Waals surface area contributed by atoms with Crippen LogP contribution in [0.4, 0.5) is 5.82 Å². The molecule has 0 aliphatic heterocycles. The second-order valence-electron chi connectivity index (χ2n) is 6.14. The van der Waals surface area contributed by atoms with E-state index in [0.29, 0.717) is 0 Å². The maximum absolute atomic E-state index is 4.30. The summed E-state index contributed by atoms with van der Waals surface area (Å²) in [5.41, 5.74) is 2.89. The average Bonchev–Trinajstić information content (AvgIpc) is 2.45. The first-order valence-corrected chi connectivity index (χ1v) is 8.40. The summed E-state index contributed by atoms with van der Waals surface area (Å²) in [5, 5.41) is 3.25. The van der Waals surface area contributed by atoms with Gasteiger partial charge in [-0.15, -0.1) is 11.8 Å². The molecule has 1 heterocycles. The van der Waals surface area contributed by atoms with Crippen molar-refractivity contribution in [1.29, 1.82) is 0 Å². The Balaban J connectivity index is 1.98. The predicted molar refractivity (Wildman–Crippen MR) is 93.1 cm³/mol. The van der Waals surface area contributed by atoms with Crippen molar-refractivity contribution in [3.05, 3.63) is 53.7 Å². The number of benzene rings is 1. The van der Waals surface area contributed by atoms with Crippen LogP contribution in [0.1, 0.15) is 38.8 Å². The Morgan fingerprint density at radius 3 is 2.43 bits per heavy atom. The van der Waals surface area contributed by atoms with Gasteiger partial charge in [-0.2, -0.15) is 0 Å². The van der Waals surface area contributed by atoms with Crippen LogP contribution in [0, 0.1) is 0 Å². The lowest BCUT2D eigenvalue weighted by atomic mass is 9.87. The summed E-state index contributed by atoms with van der Waals surface area (Å²) in [6, 6.07) is 13.1. The number of hydrogen-bond donors (Lipinski definition) is 1. The van der Waals surface area contributed by atoms with E-state index in [4.69, 9.17) is 0 Å². The molecule has 0 saturated heterocycles. The standard InChI is InChI=1S/C18H24N2S/c1-5-19-17-12-14(10-11-20-17)13-21-16-8-6-15(7-9-16)18(2,3)4/h6-12H,5,13H2,1-4H3,(H,19,20). The van der Waals surface area contributed by atoms with Crippen molar-refractivity contribution in [3.63, 3.8) is 0 Å². The molecule has 112 valence electrons. The molecule has 3 heteroatoms. The van der Waals surface area contributed by atoms with E-state index in [2.05, 4.69) is 74.4 Å². The van der Waals surface area contributed by atoms with Crippen LogP contribution in [0.15, 0.2) is 47.5 Å². The van der Waals surface area contributed by atoms with E-state index in [0.717, 1.165) is 18.1 Å². The quantitative estimate of drug-likeness (QED) is 0.777. The lowest BCUT2D eigenvalue weighted by Gasteiger charge is -2.19. The molecule has 0 spiro atoms. The van der Waals surface area contributed by atoms with E-state index in [1.807, 2.05) is 18.0 Å². The minimum atomic E-state index is 0.217. The summed E-state index contributed by atoms with van der Waals surface area (Å²) in [4.78, 5) is 5.61. The highest BCUT2D eigenvalue weighted by molar-refractivity contribution is 7.98. The predicted octanol–water partition coefficient (Wildman–Crippen LogP) is 5.10. The number of anilines is 1. The molecule has 0 bridgehead atoms. The Bertz CT molecular complexity index is 571. The molecule has 0 aliphatic carbocycles. The Morgan fingerprint density at radius 1 is 1.10 bits per heavy atom. The third-order valence-electron chi connectivity index (χ3n) is 3.31. The zero-order valence-corrected chi connectivity index (χ0v) is 14.1. The summed E-state index contributed by atoms with van der Waals surface area (Å²) in [6.07, 6.45) is 1.87. The molecule has 2 aromatic rings. The molecule has 0 atom stereocenters. The van der Waals surface area contributed by atoms with Crippen LogP contribution >= 0.6 is 11.8 Å². The Morgan fingerprint density at radius 2 is 1.81 bits per heavy atom. The lowest BCUT2D eigenvalue weighted by molar-refractivity contribution is 0.590. The van der Waals surface area contributed by atoms with Gasteiger partial charge in [-0.25, -0.2) is 4.98 Å². The lowest BCUT2D eigenvalue weighted by Crippen LogP contribution is -2.10. The zero-order valence-electron chi connectivity index (χ0n) is 13.3. The third kappa shape index (κ3) is 4.78. The number of thioether (sulfide) groups is 1. The highest BCUT2D eigenvalue weighted by atomic mass is 32.2. The molecule has 1 N–H and O–H groups in total. The van der Waals surface area contributed by atoms with Gasteiger partial charge in [0.1, 0.15) is 5.82 Å². The van der Waals surface area contributed by atoms with Gasteiger partial charge in [0.2, 0.25) is 0 Å². The zero-order chi connectivity index (χ0) is 15.3. The molecule has 1 aromatic carbocycles. The first-order valence-electron chi connectivity index (χ1n) is 7.41. The van der Waals surface area contributed by atoms with E-state index < -0.39 is 0 Å². The van der Waals surface area contributed by atoms with E-state index in [1.54, 1.807) is 0 Å². The summed E-state index contributed by atoms with van der Waals surface area (Å²) < 4.78 is 0. The highest BCUT2D eigenvalue weighted by Crippen LogP contribution is 2.27. The molecule has 2 nitrogen and oxygen atoms in total. The normalized spacial score (nSPS) is 11.4. The smallest absolute Gasteiger partial charge is 0.126 e. The summed E-state index contributed by atoms with van der Waals surface area (Å²) in [6.45, 7) is 9.72. The van der Waals surface area contributed by atoms with Gasteiger partial charge in [-0.05, 0) is 47.7 Å². The van der Waals surface area contributed by atoms with Gasteiger partial charge < -0.3 is 5.32 Å². The SMILES string of the molecule is CCNc1cc(CSc2ccc(C(C)(C)C)cc2)ccn1. The fourth-order valence-corrected chi connectivity index (χ4v) is 2.90. The number of pyridine rings is 1. The Labute approximate surface area is 132 Å². The third-order valence-corrected chi connectivity index (χ3v) is 4.39. The van der Waals surface area contributed by atoms with Gasteiger partial charge in [0.25, 0.3) is 0 Å². The topological polar surface area (TPSA) is 24.9 Å². The van der Waals surface area contributed by atoms with Gasteiger partial charge in [0.05, 0.1) is 0 Å². The van der Waals surface area contributed by atoms with Crippen molar-refractivity contribution in [1.82, 2.24) is 4.98 Å². The van der Waals surface area contributed by atoms with Gasteiger partial charge in [0.15, 0.2) is 0 Å². The van der Waals surface area contributed by atoms with Gasteiger partial charge in [-0.1, -0.05) is 32.9 Å². The van der Waals surface area contributed by atoms with Crippen molar-refractivity contribution in [2.45, 2.75) is 43.8 Å². The van der Waals surface area contributed by atoms with Crippen LogP contribution < -0.4 is 5.32 Å². The average molecular weight is 300 g/mol. The summed E-state index contributed by atoms with van der Waals surface area (Å²) in [7, 11) is 0. The second-order valence-corrected chi connectivity index (χ2v) is 7.19. The monoisotopic (exact) mass is 300 g/mol. The summed E-state index contributed by atoms with van der Waals surface area (Å²) in [5.74, 6) is 1.93. The van der Waals surface area contributed by atoms with E-state index in [9.17, 15) is 0 Å². The van der Waals surface area contributed by atoms with Crippen LogP contribution in [-0.2, 0) is 11.2 Å². The van der Waals surface area contributed by atoms with Crippen molar-refractivity contribution >= 4 is 17.6 Å².